The van der Waals surface area contributed by atoms with Gasteiger partial charge in [-0.2, -0.15) is 0 Å². The first-order valence-electron chi connectivity index (χ1n) is 21.3. The number of fused-ring (bicyclic) bond motifs is 6. The number of hydrogen-bond donors (Lipinski definition) is 3. The zero-order valence-corrected chi connectivity index (χ0v) is 35.3. The van der Waals surface area contributed by atoms with Crippen LogP contribution < -0.4 is 9.64 Å². The average Bonchev–Trinajstić information content (AvgIpc) is 3.93. The molecule has 1 aromatic heterocycles. The fourth-order valence-corrected chi connectivity index (χ4v) is 13.4. The lowest BCUT2D eigenvalue weighted by molar-refractivity contribution is -0.228. The van der Waals surface area contributed by atoms with E-state index in [-0.39, 0.29) is 12.3 Å². The number of piperidine rings is 1. The summed E-state index contributed by atoms with van der Waals surface area (Å²) in [5, 5.41) is 26.5. The Labute approximate surface area is 349 Å². The van der Waals surface area contributed by atoms with E-state index in [0.717, 1.165) is 16.5 Å². The first-order chi connectivity index (χ1) is 28.8. The highest BCUT2D eigenvalue weighted by Gasteiger charge is 2.81. The van der Waals surface area contributed by atoms with E-state index in [1.807, 2.05) is 50.3 Å². The number of nitrogens with zero attached hydrogens (tertiary/aromatic N) is 3. The molecule has 9 rings (SSSR count). The molecule has 1 unspecified atom stereocenters. The standard InChI is InChI=1S/C46H56N4O10/c1-7-42(55)22-28-23-45(40(53)58-5,36-31(14-18-48(24-28)25-42)30-12-9-10-13-33(30)47-36)32-20-29(57-4)21-34-35(32)44-16-19-49-17-11-15-43(8-2,37(44)49)39(60-27(3)52)46(56,41(54)59-6)38(44)50(34)26-51/h9-13,15,20-21,26,28,37-39,47,55-56H,7-8,14,16-19,22-25H2,1-6H3/t28-,37-,38+,39+,42-,43+,44+,45-,46-/m0/s1. The predicted octanol–water partition coefficient (Wildman–Crippen LogP) is 3.52. The summed E-state index contributed by atoms with van der Waals surface area (Å²) in [5.74, 6) is -2.12. The van der Waals surface area contributed by atoms with Crippen molar-refractivity contribution >= 4 is 40.9 Å². The Bertz CT molecular complexity index is 2310. The van der Waals surface area contributed by atoms with Crippen molar-refractivity contribution in [3.8, 4) is 5.75 Å². The molecule has 6 aliphatic rings. The van der Waals surface area contributed by atoms with Gasteiger partial charge in [-0.15, -0.1) is 0 Å². The second-order valence-electron chi connectivity index (χ2n) is 18.1. The number of esters is 3. The van der Waals surface area contributed by atoms with Gasteiger partial charge in [0, 0.05) is 72.6 Å². The number of carbonyl (C=O) groups is 4. The van der Waals surface area contributed by atoms with Crippen molar-refractivity contribution in [1.82, 2.24) is 14.8 Å². The number of H-pyrrole nitrogens is 1. The zero-order chi connectivity index (χ0) is 42.6. The van der Waals surface area contributed by atoms with Crippen LogP contribution in [-0.4, -0.2) is 133 Å². The smallest absolute Gasteiger partial charge is 0.344 e. The second-order valence-corrected chi connectivity index (χ2v) is 18.1. The third-order valence-electron chi connectivity index (χ3n) is 15.5. The number of methoxy groups -OCH3 is 3. The molecule has 3 fully saturated rings. The van der Waals surface area contributed by atoms with Crippen LogP contribution in [0.5, 0.6) is 5.75 Å². The van der Waals surface area contributed by atoms with Crippen LogP contribution in [0.2, 0.25) is 0 Å². The van der Waals surface area contributed by atoms with Gasteiger partial charge in [-0.3, -0.25) is 24.2 Å². The molecule has 6 heterocycles. The molecule has 1 amide bonds. The summed E-state index contributed by atoms with van der Waals surface area (Å²) in [4.78, 5) is 67.0. The maximum atomic E-state index is 15.6. The number of anilines is 1. The Morgan fingerprint density at radius 2 is 1.75 bits per heavy atom. The molecular formula is C46H56N4O10. The van der Waals surface area contributed by atoms with Crippen LogP contribution in [0.3, 0.4) is 0 Å². The number of aromatic amines is 1. The minimum Gasteiger partial charge on any atom is -0.497 e. The quantitative estimate of drug-likeness (QED) is 0.131. The van der Waals surface area contributed by atoms with Gasteiger partial charge < -0.3 is 39.0 Å². The minimum atomic E-state index is -2.58. The Kier molecular flexibility index (Phi) is 9.58. The number of aromatic nitrogens is 1. The largest absolute Gasteiger partial charge is 0.497 e. The maximum absolute atomic E-state index is 15.6. The number of para-hydroxylation sites is 1. The molecule has 2 bridgehead atoms. The van der Waals surface area contributed by atoms with Crippen molar-refractivity contribution < 1.29 is 48.3 Å². The van der Waals surface area contributed by atoms with E-state index >= 15 is 4.79 Å². The van der Waals surface area contributed by atoms with E-state index in [1.54, 1.807) is 6.07 Å². The predicted molar refractivity (Wildman–Crippen MR) is 221 cm³/mol. The van der Waals surface area contributed by atoms with Gasteiger partial charge in [-0.25, -0.2) is 4.79 Å². The number of hydrogen-bond acceptors (Lipinski definition) is 12. The number of benzene rings is 2. The highest BCUT2D eigenvalue weighted by Crippen LogP contribution is 2.69. The summed E-state index contributed by atoms with van der Waals surface area (Å²) in [6.45, 7) is 8.03. The van der Waals surface area contributed by atoms with Crippen molar-refractivity contribution in [3.05, 3.63) is 70.9 Å². The van der Waals surface area contributed by atoms with Gasteiger partial charge in [0.2, 0.25) is 12.0 Å². The maximum Gasteiger partial charge on any atom is 0.344 e. The topological polar surface area (TPSA) is 171 Å². The number of carbonyl (C=O) groups excluding carboxylic acids is 4. The summed E-state index contributed by atoms with van der Waals surface area (Å²) >= 11 is 0. The summed E-state index contributed by atoms with van der Waals surface area (Å²) in [5.41, 5.74) is -3.58. The SMILES string of the molecule is CC[C@]1(O)C[C@@H]2CN(CCc3c([nH]c4ccccc34)[C@@](C(=O)OC)(c3cc(OC)cc4c3[C@@]35CCN6CC=C[C@@](CC)([C@@H](OC(C)=O)[C@](O)(C(=O)OC)[C@@H]3N4C=O)[C@H]65)C2)C1. The Morgan fingerprint density at radius 1 is 0.983 bits per heavy atom. The number of ether oxygens (including phenoxy) is 4. The summed E-state index contributed by atoms with van der Waals surface area (Å²) in [6, 6.07) is 9.73. The van der Waals surface area contributed by atoms with E-state index in [0.29, 0.717) is 99.5 Å². The lowest BCUT2D eigenvalue weighted by atomic mass is 9.46. The molecule has 1 saturated carbocycles. The van der Waals surface area contributed by atoms with Crippen LogP contribution in [0.15, 0.2) is 48.6 Å². The van der Waals surface area contributed by atoms with Gasteiger partial charge in [-0.05, 0) is 79.8 Å². The van der Waals surface area contributed by atoms with Gasteiger partial charge in [0.1, 0.15) is 11.2 Å². The lowest BCUT2D eigenvalue weighted by Crippen LogP contribution is -2.81. The van der Waals surface area contributed by atoms with Gasteiger partial charge >= 0.3 is 17.9 Å². The molecule has 14 nitrogen and oxygen atoms in total. The highest BCUT2D eigenvalue weighted by atomic mass is 16.6. The zero-order valence-electron chi connectivity index (χ0n) is 35.3. The second kappa shape index (κ2) is 14.1. The molecule has 60 heavy (non-hydrogen) atoms. The molecule has 2 aromatic carbocycles. The van der Waals surface area contributed by atoms with Crippen LogP contribution in [0.4, 0.5) is 5.69 Å². The highest BCUT2D eigenvalue weighted by molar-refractivity contribution is 5.98. The molecule has 320 valence electrons. The van der Waals surface area contributed by atoms with Crippen LogP contribution in [0.1, 0.15) is 75.3 Å². The number of amides is 1. The molecule has 14 heteroatoms. The van der Waals surface area contributed by atoms with E-state index in [9.17, 15) is 24.6 Å². The molecule has 2 saturated heterocycles. The van der Waals surface area contributed by atoms with E-state index in [1.165, 1.54) is 33.2 Å². The molecule has 10 atom stereocenters. The Balaban J connectivity index is 1.44. The van der Waals surface area contributed by atoms with Gasteiger partial charge in [-0.1, -0.05) is 44.2 Å². The van der Waals surface area contributed by atoms with Crippen molar-refractivity contribution in [3.63, 3.8) is 0 Å². The summed E-state index contributed by atoms with van der Waals surface area (Å²) in [7, 11) is 4.08. The molecule has 0 radical (unpaired) electrons. The molecule has 3 aromatic rings. The fraction of sp³-hybridized carbons (Fsp3) is 0.565. The van der Waals surface area contributed by atoms with Gasteiger partial charge in [0.15, 0.2) is 6.10 Å². The lowest BCUT2D eigenvalue weighted by Gasteiger charge is -2.63. The van der Waals surface area contributed by atoms with Gasteiger partial charge in [0.05, 0.1) is 38.7 Å². The third-order valence-corrected chi connectivity index (χ3v) is 15.5. The van der Waals surface area contributed by atoms with Crippen molar-refractivity contribution in [2.24, 2.45) is 11.3 Å². The minimum absolute atomic E-state index is 0.196. The molecule has 1 aliphatic carbocycles. The number of nitrogens with one attached hydrogen (secondary N) is 1. The van der Waals surface area contributed by atoms with E-state index in [2.05, 4.69) is 20.9 Å². The molecule has 1 spiro atoms. The summed E-state index contributed by atoms with van der Waals surface area (Å²) in [6.07, 6.45) is 5.61. The van der Waals surface area contributed by atoms with Crippen LogP contribution in [0, 0.1) is 11.3 Å². The van der Waals surface area contributed by atoms with Crippen molar-refractivity contribution in [2.75, 3.05) is 59.0 Å². The molecule has 3 N–H and O–H groups in total. The van der Waals surface area contributed by atoms with Crippen LogP contribution in [-0.2, 0) is 50.6 Å². The van der Waals surface area contributed by atoms with Gasteiger partial charge in [0.25, 0.3) is 0 Å². The fourth-order valence-electron chi connectivity index (χ4n) is 13.4. The first kappa shape index (κ1) is 40.6. The monoisotopic (exact) mass is 824 g/mol. The number of aliphatic hydroxyl groups is 2. The first-order valence-corrected chi connectivity index (χ1v) is 21.3. The van der Waals surface area contributed by atoms with E-state index in [4.69, 9.17) is 18.9 Å². The van der Waals surface area contributed by atoms with Crippen molar-refractivity contribution in [1.29, 1.82) is 0 Å². The van der Waals surface area contributed by atoms with Crippen LogP contribution in [0.25, 0.3) is 10.9 Å². The average molecular weight is 825 g/mol. The van der Waals surface area contributed by atoms with Crippen molar-refractivity contribution in [2.45, 2.75) is 99.5 Å². The Hall–Kier alpha value is -4.76. The molecule has 5 aliphatic heterocycles. The third kappa shape index (κ3) is 5.19. The normalized spacial score (nSPS) is 36.5. The number of rotatable bonds is 8. The van der Waals surface area contributed by atoms with E-state index < -0.39 is 63.5 Å². The molecular weight excluding hydrogens is 769 g/mol. The summed E-state index contributed by atoms with van der Waals surface area (Å²) < 4.78 is 23.6. The Morgan fingerprint density at radius 3 is 2.43 bits per heavy atom. The van der Waals surface area contributed by atoms with Crippen LogP contribution >= 0.6 is 0 Å².